The van der Waals surface area contributed by atoms with Crippen molar-refractivity contribution in [3.05, 3.63) is 33.4 Å². The lowest BCUT2D eigenvalue weighted by Gasteiger charge is -2.10. The minimum absolute atomic E-state index is 0.0386. The number of amides is 1. The molecule has 0 saturated heterocycles. The zero-order valence-electron chi connectivity index (χ0n) is 8.79. The minimum atomic E-state index is -0.0579. The van der Waals surface area contributed by atoms with Gasteiger partial charge < -0.3 is 10.1 Å². The van der Waals surface area contributed by atoms with Crippen LogP contribution in [0, 0.1) is 3.57 Å². The Labute approximate surface area is 103 Å². The standard InChI is InChI=1S/C11H14INO2/c1-8(15-2)7-13-11(14)9-4-3-5-10(12)6-9/h3-6,8H,7H2,1-2H3,(H,13,14). The average Bonchev–Trinajstić information content (AvgIpc) is 2.25. The van der Waals surface area contributed by atoms with Gasteiger partial charge in [-0.3, -0.25) is 4.79 Å². The van der Waals surface area contributed by atoms with Gasteiger partial charge in [-0.1, -0.05) is 6.07 Å². The third-order valence-electron chi connectivity index (χ3n) is 2.04. The summed E-state index contributed by atoms with van der Waals surface area (Å²) in [5.41, 5.74) is 0.685. The van der Waals surface area contributed by atoms with Crippen LogP contribution in [-0.4, -0.2) is 25.7 Å². The predicted molar refractivity (Wildman–Crippen MR) is 68.0 cm³/mol. The summed E-state index contributed by atoms with van der Waals surface area (Å²) >= 11 is 2.18. The highest BCUT2D eigenvalue weighted by Crippen LogP contribution is 2.07. The third-order valence-corrected chi connectivity index (χ3v) is 2.71. The summed E-state index contributed by atoms with van der Waals surface area (Å²) in [6, 6.07) is 7.48. The first-order valence-electron chi connectivity index (χ1n) is 4.70. The first kappa shape index (κ1) is 12.4. The van der Waals surface area contributed by atoms with Crippen LogP contribution < -0.4 is 5.32 Å². The van der Waals surface area contributed by atoms with Crippen molar-refractivity contribution >= 4 is 28.5 Å². The van der Waals surface area contributed by atoms with Crippen LogP contribution in [0.25, 0.3) is 0 Å². The molecule has 82 valence electrons. The number of hydrogen-bond acceptors (Lipinski definition) is 2. The van der Waals surface area contributed by atoms with Crippen molar-refractivity contribution in [2.75, 3.05) is 13.7 Å². The molecule has 4 heteroatoms. The lowest BCUT2D eigenvalue weighted by Crippen LogP contribution is -2.31. The highest BCUT2D eigenvalue weighted by atomic mass is 127. The van der Waals surface area contributed by atoms with E-state index < -0.39 is 0 Å². The number of ether oxygens (including phenoxy) is 1. The van der Waals surface area contributed by atoms with Crippen molar-refractivity contribution in [2.45, 2.75) is 13.0 Å². The summed E-state index contributed by atoms with van der Waals surface area (Å²) in [5, 5.41) is 2.81. The molecule has 0 aliphatic rings. The molecule has 0 aliphatic heterocycles. The summed E-state index contributed by atoms with van der Waals surface area (Å²) in [7, 11) is 1.63. The number of methoxy groups -OCH3 is 1. The van der Waals surface area contributed by atoms with Gasteiger partial charge in [-0.05, 0) is 47.7 Å². The summed E-state index contributed by atoms with van der Waals surface area (Å²) in [6.07, 6.45) is 0.0386. The van der Waals surface area contributed by atoms with Gasteiger partial charge in [0.1, 0.15) is 0 Å². The van der Waals surface area contributed by atoms with Crippen LogP contribution in [0.3, 0.4) is 0 Å². The molecule has 0 radical (unpaired) electrons. The molecule has 3 nitrogen and oxygen atoms in total. The molecule has 0 fully saturated rings. The van der Waals surface area contributed by atoms with E-state index in [0.717, 1.165) is 3.57 Å². The Hall–Kier alpha value is -0.620. The van der Waals surface area contributed by atoms with Crippen LogP contribution in [0.15, 0.2) is 24.3 Å². The lowest BCUT2D eigenvalue weighted by atomic mass is 10.2. The molecule has 1 N–H and O–H groups in total. The number of carbonyl (C=O) groups excluding carboxylic acids is 1. The van der Waals surface area contributed by atoms with E-state index in [9.17, 15) is 4.79 Å². The van der Waals surface area contributed by atoms with Gasteiger partial charge in [-0.2, -0.15) is 0 Å². The van der Waals surface area contributed by atoms with E-state index in [2.05, 4.69) is 27.9 Å². The largest absolute Gasteiger partial charge is 0.380 e. The van der Waals surface area contributed by atoms with E-state index in [4.69, 9.17) is 4.74 Å². The van der Waals surface area contributed by atoms with Gasteiger partial charge in [0.15, 0.2) is 0 Å². The Bertz CT molecular complexity index is 341. The minimum Gasteiger partial charge on any atom is -0.380 e. The average molecular weight is 319 g/mol. The maximum atomic E-state index is 11.6. The fourth-order valence-corrected chi connectivity index (χ4v) is 1.59. The van der Waals surface area contributed by atoms with Crippen molar-refractivity contribution < 1.29 is 9.53 Å². The van der Waals surface area contributed by atoms with E-state index in [0.29, 0.717) is 12.1 Å². The maximum Gasteiger partial charge on any atom is 0.251 e. The zero-order chi connectivity index (χ0) is 11.3. The Balaban J connectivity index is 2.54. The fourth-order valence-electron chi connectivity index (χ4n) is 1.05. The van der Waals surface area contributed by atoms with Crippen LogP contribution in [0.1, 0.15) is 17.3 Å². The van der Waals surface area contributed by atoms with E-state index in [-0.39, 0.29) is 12.0 Å². The molecule has 1 aromatic carbocycles. The van der Waals surface area contributed by atoms with E-state index >= 15 is 0 Å². The van der Waals surface area contributed by atoms with E-state index in [1.165, 1.54) is 0 Å². The highest BCUT2D eigenvalue weighted by Gasteiger charge is 2.06. The summed E-state index contributed by atoms with van der Waals surface area (Å²) < 4.78 is 6.10. The number of benzene rings is 1. The second kappa shape index (κ2) is 6.07. The van der Waals surface area contributed by atoms with Crippen molar-refractivity contribution in [1.82, 2.24) is 5.32 Å². The van der Waals surface area contributed by atoms with Gasteiger partial charge >= 0.3 is 0 Å². The summed E-state index contributed by atoms with van der Waals surface area (Å²) in [4.78, 5) is 11.6. The van der Waals surface area contributed by atoms with Gasteiger partial charge in [0, 0.05) is 22.8 Å². The zero-order valence-corrected chi connectivity index (χ0v) is 10.9. The second-order valence-electron chi connectivity index (χ2n) is 3.27. The number of nitrogens with one attached hydrogen (secondary N) is 1. The first-order chi connectivity index (χ1) is 7.13. The molecule has 1 rings (SSSR count). The fraction of sp³-hybridized carbons (Fsp3) is 0.364. The molecule has 0 aliphatic carbocycles. The van der Waals surface area contributed by atoms with Crippen molar-refractivity contribution in [1.29, 1.82) is 0 Å². The topological polar surface area (TPSA) is 38.3 Å². The van der Waals surface area contributed by atoms with Gasteiger partial charge in [-0.25, -0.2) is 0 Å². The number of hydrogen-bond donors (Lipinski definition) is 1. The molecule has 0 bridgehead atoms. The Morgan fingerprint density at radius 3 is 2.93 bits per heavy atom. The number of rotatable bonds is 4. The molecule has 0 aromatic heterocycles. The molecule has 1 atom stereocenters. The molecule has 15 heavy (non-hydrogen) atoms. The van der Waals surface area contributed by atoms with Crippen molar-refractivity contribution in [3.8, 4) is 0 Å². The normalized spacial score (nSPS) is 12.2. The third kappa shape index (κ3) is 4.17. The van der Waals surface area contributed by atoms with Gasteiger partial charge in [-0.15, -0.1) is 0 Å². The van der Waals surface area contributed by atoms with Crippen LogP contribution in [0.5, 0.6) is 0 Å². The molecule has 0 spiro atoms. The summed E-state index contributed by atoms with van der Waals surface area (Å²) in [5.74, 6) is -0.0579. The van der Waals surface area contributed by atoms with E-state index in [1.807, 2.05) is 25.1 Å². The predicted octanol–water partition coefficient (Wildman–Crippen LogP) is 2.06. The monoisotopic (exact) mass is 319 g/mol. The molecule has 0 saturated carbocycles. The van der Waals surface area contributed by atoms with Gasteiger partial charge in [0.05, 0.1) is 6.10 Å². The Morgan fingerprint density at radius 1 is 1.60 bits per heavy atom. The Kier molecular flexibility index (Phi) is 5.04. The SMILES string of the molecule is COC(C)CNC(=O)c1cccc(I)c1. The van der Waals surface area contributed by atoms with Crippen LogP contribution in [0.2, 0.25) is 0 Å². The maximum absolute atomic E-state index is 11.6. The van der Waals surface area contributed by atoms with Crippen molar-refractivity contribution in [3.63, 3.8) is 0 Å². The van der Waals surface area contributed by atoms with Crippen LogP contribution in [0.4, 0.5) is 0 Å². The van der Waals surface area contributed by atoms with Crippen LogP contribution in [-0.2, 0) is 4.74 Å². The van der Waals surface area contributed by atoms with Crippen LogP contribution >= 0.6 is 22.6 Å². The Morgan fingerprint density at radius 2 is 2.33 bits per heavy atom. The second-order valence-corrected chi connectivity index (χ2v) is 4.51. The number of carbonyl (C=O) groups is 1. The van der Waals surface area contributed by atoms with Crippen molar-refractivity contribution in [2.24, 2.45) is 0 Å². The molecule has 1 aromatic rings. The number of halogens is 1. The smallest absolute Gasteiger partial charge is 0.251 e. The van der Waals surface area contributed by atoms with Gasteiger partial charge in [0.25, 0.3) is 5.91 Å². The quantitative estimate of drug-likeness (QED) is 0.863. The first-order valence-corrected chi connectivity index (χ1v) is 5.78. The molecule has 1 unspecified atom stereocenters. The molecule has 1 amide bonds. The molecular formula is C11H14INO2. The molecular weight excluding hydrogens is 305 g/mol. The summed E-state index contributed by atoms with van der Waals surface area (Å²) in [6.45, 7) is 2.44. The molecule has 0 heterocycles. The lowest BCUT2D eigenvalue weighted by molar-refractivity contribution is 0.0870. The highest BCUT2D eigenvalue weighted by molar-refractivity contribution is 14.1. The van der Waals surface area contributed by atoms with E-state index in [1.54, 1.807) is 13.2 Å². The van der Waals surface area contributed by atoms with Gasteiger partial charge in [0.2, 0.25) is 0 Å².